The van der Waals surface area contributed by atoms with Crippen LogP contribution < -0.4 is 0 Å². The first-order valence-corrected chi connectivity index (χ1v) is 6.19. The van der Waals surface area contributed by atoms with Crippen molar-refractivity contribution >= 4 is 12.0 Å². The molecule has 1 aliphatic rings. The molecule has 1 aliphatic carbocycles. The minimum absolute atomic E-state index is 0.231. The summed E-state index contributed by atoms with van der Waals surface area (Å²) in [6.07, 6.45) is 2.69. The molecule has 0 radical (unpaired) electrons. The molecule has 0 unspecified atom stereocenters. The second-order valence-electron chi connectivity index (χ2n) is 4.76. The molecule has 0 fully saturated rings. The van der Waals surface area contributed by atoms with E-state index in [1.54, 1.807) is 13.8 Å². The molecule has 1 atom stereocenters. The number of carbonyl (C=O) groups excluding carboxylic acids is 1. The van der Waals surface area contributed by atoms with Crippen molar-refractivity contribution in [2.75, 3.05) is 13.2 Å². The van der Waals surface area contributed by atoms with Crippen LogP contribution in [-0.4, -0.2) is 24.3 Å². The number of fused-ring (bicyclic) bond motifs is 1. The van der Waals surface area contributed by atoms with Crippen LogP contribution in [0.3, 0.4) is 0 Å². The third kappa shape index (κ3) is 2.06. The first-order valence-electron chi connectivity index (χ1n) is 6.19. The zero-order chi connectivity index (χ0) is 13.2. The number of carbonyl (C=O) groups is 1. The quantitative estimate of drug-likeness (QED) is 0.828. The van der Waals surface area contributed by atoms with Crippen LogP contribution in [0.4, 0.5) is 0 Å². The molecular formula is C15H18O3. The van der Waals surface area contributed by atoms with Crippen molar-refractivity contribution in [2.24, 2.45) is 5.41 Å². The molecule has 1 N–H and O–H groups in total. The van der Waals surface area contributed by atoms with Gasteiger partial charge in [0.25, 0.3) is 0 Å². The minimum atomic E-state index is -0.935. The average molecular weight is 246 g/mol. The summed E-state index contributed by atoms with van der Waals surface area (Å²) in [6, 6.07) is 8.02. The number of ether oxygens (including phenoxy) is 1. The molecule has 0 aromatic heterocycles. The molecule has 0 heterocycles. The van der Waals surface area contributed by atoms with Gasteiger partial charge in [0.2, 0.25) is 0 Å². The Balaban J connectivity index is 2.29. The van der Waals surface area contributed by atoms with E-state index >= 15 is 0 Å². The van der Waals surface area contributed by atoms with E-state index in [2.05, 4.69) is 0 Å². The van der Waals surface area contributed by atoms with E-state index in [0.29, 0.717) is 13.0 Å². The van der Waals surface area contributed by atoms with Gasteiger partial charge >= 0.3 is 5.97 Å². The van der Waals surface area contributed by atoms with Crippen molar-refractivity contribution in [3.8, 4) is 0 Å². The lowest BCUT2D eigenvalue weighted by Crippen LogP contribution is -2.35. The Morgan fingerprint density at radius 2 is 2.17 bits per heavy atom. The molecule has 0 saturated heterocycles. The highest BCUT2D eigenvalue weighted by atomic mass is 16.5. The Bertz CT molecular complexity index is 490. The van der Waals surface area contributed by atoms with Crippen LogP contribution in [0.5, 0.6) is 0 Å². The van der Waals surface area contributed by atoms with E-state index in [1.807, 2.05) is 30.3 Å². The van der Waals surface area contributed by atoms with Gasteiger partial charge in [-0.25, -0.2) is 0 Å². The van der Waals surface area contributed by atoms with Crippen LogP contribution in [0.2, 0.25) is 0 Å². The maximum atomic E-state index is 12.0. The molecule has 2 rings (SSSR count). The zero-order valence-electron chi connectivity index (χ0n) is 10.8. The van der Waals surface area contributed by atoms with Crippen molar-refractivity contribution < 1.29 is 14.6 Å². The minimum Gasteiger partial charge on any atom is -0.465 e. The third-order valence-corrected chi connectivity index (χ3v) is 3.52. The van der Waals surface area contributed by atoms with Gasteiger partial charge in [-0.2, -0.15) is 0 Å². The largest absolute Gasteiger partial charge is 0.465 e. The number of hydrogen-bond donors (Lipinski definition) is 1. The van der Waals surface area contributed by atoms with E-state index in [-0.39, 0.29) is 12.6 Å². The van der Waals surface area contributed by atoms with Gasteiger partial charge < -0.3 is 9.84 Å². The van der Waals surface area contributed by atoms with Crippen LogP contribution in [0.1, 0.15) is 25.0 Å². The first kappa shape index (κ1) is 12.8. The fraction of sp³-hybridized carbons (Fsp3) is 0.400. The second-order valence-corrected chi connectivity index (χ2v) is 4.76. The lowest BCUT2D eigenvalue weighted by Gasteiger charge is -2.26. The van der Waals surface area contributed by atoms with Crippen LogP contribution in [0.15, 0.2) is 29.8 Å². The highest BCUT2D eigenvalue weighted by Gasteiger charge is 2.39. The predicted molar refractivity (Wildman–Crippen MR) is 69.9 cm³/mol. The molecule has 96 valence electrons. The maximum absolute atomic E-state index is 12.0. The smallest absolute Gasteiger partial charge is 0.318 e. The topological polar surface area (TPSA) is 46.5 Å². The van der Waals surface area contributed by atoms with Gasteiger partial charge in [0.1, 0.15) is 5.41 Å². The van der Waals surface area contributed by atoms with E-state index in [4.69, 9.17) is 4.74 Å². The highest BCUT2D eigenvalue weighted by Crippen LogP contribution is 2.37. The van der Waals surface area contributed by atoms with Crippen molar-refractivity contribution in [3.63, 3.8) is 0 Å². The van der Waals surface area contributed by atoms with E-state index in [1.165, 1.54) is 5.56 Å². The summed E-state index contributed by atoms with van der Waals surface area (Å²) in [5.41, 5.74) is 2.30. The molecule has 0 saturated carbocycles. The number of esters is 1. The van der Waals surface area contributed by atoms with Gasteiger partial charge in [-0.05, 0) is 37.0 Å². The van der Waals surface area contributed by atoms with Gasteiger partial charge in [0, 0.05) is 0 Å². The van der Waals surface area contributed by atoms with Gasteiger partial charge in [0.15, 0.2) is 0 Å². The summed E-state index contributed by atoms with van der Waals surface area (Å²) in [5.74, 6) is -0.355. The number of aliphatic hydroxyl groups is 1. The fourth-order valence-corrected chi connectivity index (χ4v) is 2.22. The van der Waals surface area contributed by atoms with Crippen molar-refractivity contribution in [3.05, 3.63) is 41.0 Å². The summed E-state index contributed by atoms with van der Waals surface area (Å²) in [5, 5.41) is 9.58. The van der Waals surface area contributed by atoms with Crippen LogP contribution in [-0.2, 0) is 16.0 Å². The third-order valence-electron chi connectivity index (χ3n) is 3.52. The zero-order valence-corrected chi connectivity index (χ0v) is 10.8. The van der Waals surface area contributed by atoms with Gasteiger partial charge in [-0.1, -0.05) is 30.3 Å². The lowest BCUT2D eigenvalue weighted by atomic mass is 9.82. The van der Waals surface area contributed by atoms with Crippen LogP contribution in [0, 0.1) is 5.41 Å². The Morgan fingerprint density at radius 1 is 1.44 bits per heavy atom. The molecule has 18 heavy (non-hydrogen) atoms. The second kappa shape index (κ2) is 4.94. The molecule has 3 nitrogen and oxygen atoms in total. The molecular weight excluding hydrogens is 228 g/mol. The monoisotopic (exact) mass is 246 g/mol. The number of rotatable bonds is 4. The van der Waals surface area contributed by atoms with Gasteiger partial charge in [-0.15, -0.1) is 0 Å². The Morgan fingerprint density at radius 3 is 2.78 bits per heavy atom. The first-order chi connectivity index (χ1) is 8.61. The highest BCUT2D eigenvalue weighted by molar-refractivity contribution is 5.84. The number of benzene rings is 1. The maximum Gasteiger partial charge on any atom is 0.318 e. The summed E-state index contributed by atoms with van der Waals surface area (Å²) in [6.45, 7) is 3.61. The Hall–Kier alpha value is -1.61. The average Bonchev–Trinajstić information content (AvgIpc) is 2.82. The number of aliphatic hydroxyl groups excluding tert-OH is 1. The van der Waals surface area contributed by atoms with Crippen molar-refractivity contribution in [2.45, 2.75) is 20.3 Å². The van der Waals surface area contributed by atoms with Crippen molar-refractivity contribution in [1.82, 2.24) is 0 Å². The predicted octanol–water partition coefficient (Wildman–Crippen LogP) is 2.19. The SMILES string of the molecule is CCOC(=O)[C@](C)(CO)C1=Cc2ccccc2C1. The summed E-state index contributed by atoms with van der Waals surface area (Å²) < 4.78 is 5.07. The van der Waals surface area contributed by atoms with E-state index < -0.39 is 5.41 Å². The lowest BCUT2D eigenvalue weighted by molar-refractivity contribution is -0.154. The molecule has 0 spiro atoms. The standard InChI is InChI=1S/C15H18O3/c1-3-18-14(17)15(2,10-16)13-8-11-6-4-5-7-12(11)9-13/h4-8,16H,3,9-10H2,1-2H3/t15-/m1/s1. The molecule has 0 aliphatic heterocycles. The Kier molecular flexibility index (Phi) is 3.53. The number of hydrogen-bond acceptors (Lipinski definition) is 3. The Labute approximate surface area is 107 Å². The summed E-state index contributed by atoms with van der Waals surface area (Å²) in [4.78, 5) is 12.0. The fourth-order valence-electron chi connectivity index (χ4n) is 2.22. The van der Waals surface area contributed by atoms with Crippen molar-refractivity contribution in [1.29, 1.82) is 0 Å². The summed E-state index contributed by atoms with van der Waals surface area (Å²) >= 11 is 0. The normalized spacial score (nSPS) is 16.7. The molecule has 3 heteroatoms. The van der Waals surface area contributed by atoms with Gasteiger partial charge in [-0.3, -0.25) is 4.79 Å². The van der Waals surface area contributed by atoms with Gasteiger partial charge in [0.05, 0.1) is 13.2 Å². The van der Waals surface area contributed by atoms with Crippen LogP contribution >= 0.6 is 0 Å². The van der Waals surface area contributed by atoms with E-state index in [0.717, 1.165) is 11.1 Å². The molecule has 0 amide bonds. The molecule has 1 aromatic carbocycles. The molecule has 1 aromatic rings. The van der Waals surface area contributed by atoms with E-state index in [9.17, 15) is 9.90 Å². The molecule has 0 bridgehead atoms. The summed E-state index contributed by atoms with van der Waals surface area (Å²) in [7, 11) is 0. The van der Waals surface area contributed by atoms with Crippen LogP contribution in [0.25, 0.3) is 6.08 Å².